The number of carbonyl (C=O) groups is 4. The maximum atomic E-state index is 13.0. The number of amides is 4. The van der Waals surface area contributed by atoms with Crippen molar-refractivity contribution in [2.45, 2.75) is 32.2 Å². The standard InChI is InChI=1S/C25H28F3N5O6/c1-14-3-4-16-11-18(14)39-10-8-29-20(35)13-33(9-7-30-23(37)21(15(2)34)32-22(16)36)24(38)17-5-6-19(31-12-17)25(26,27)28/h3-6,11-12,15,21,34H,7-10,13H2,1-2H3,(H,29,35)(H,30,37)(H,32,36)/t15-,21+/m1/s1. The maximum Gasteiger partial charge on any atom is 0.433 e. The number of rotatable bonds is 2. The molecule has 11 nitrogen and oxygen atoms in total. The molecule has 14 heteroatoms. The SMILES string of the molecule is Cc1ccc2cc1OCCNC(=O)CN(C(=O)c1ccc(C(F)(F)F)nc1)CCNC(=O)[C@H]([C@@H](C)O)NC2=O. The largest absolute Gasteiger partial charge is 0.491 e. The van der Waals surface area contributed by atoms with Crippen molar-refractivity contribution in [1.29, 1.82) is 0 Å². The molecule has 3 rings (SSSR count). The van der Waals surface area contributed by atoms with Gasteiger partial charge in [0.05, 0.1) is 24.8 Å². The van der Waals surface area contributed by atoms with E-state index < -0.39 is 54.2 Å². The molecule has 0 saturated heterocycles. The van der Waals surface area contributed by atoms with Crippen LogP contribution in [0.1, 0.15) is 38.9 Å². The molecule has 0 aliphatic carbocycles. The number of nitrogens with zero attached hydrogens (tertiary/aromatic N) is 2. The zero-order chi connectivity index (χ0) is 28.7. The van der Waals surface area contributed by atoms with Crippen LogP contribution in [0.4, 0.5) is 13.2 Å². The third kappa shape index (κ3) is 7.89. The van der Waals surface area contributed by atoms with Gasteiger partial charge in [-0.3, -0.25) is 24.2 Å². The summed E-state index contributed by atoms with van der Waals surface area (Å²) < 4.78 is 44.2. The van der Waals surface area contributed by atoms with Gasteiger partial charge in [0.2, 0.25) is 11.8 Å². The fourth-order valence-corrected chi connectivity index (χ4v) is 3.65. The molecule has 39 heavy (non-hydrogen) atoms. The number of ether oxygens (including phenoxy) is 1. The normalized spacial score (nSPS) is 18.7. The number of carbonyl (C=O) groups excluding carboxylic acids is 4. The van der Waals surface area contributed by atoms with Crippen LogP contribution >= 0.6 is 0 Å². The Morgan fingerprint density at radius 3 is 2.54 bits per heavy atom. The van der Waals surface area contributed by atoms with Gasteiger partial charge in [-0.15, -0.1) is 0 Å². The van der Waals surface area contributed by atoms with Gasteiger partial charge in [0, 0.05) is 24.8 Å². The molecule has 1 aliphatic rings. The molecule has 0 fully saturated rings. The molecule has 2 heterocycles. The van der Waals surface area contributed by atoms with Crippen molar-refractivity contribution >= 4 is 23.6 Å². The minimum absolute atomic E-state index is 0.0325. The van der Waals surface area contributed by atoms with Gasteiger partial charge >= 0.3 is 6.18 Å². The number of benzene rings is 1. The zero-order valence-corrected chi connectivity index (χ0v) is 21.2. The molecule has 1 aromatic heterocycles. The predicted molar refractivity (Wildman–Crippen MR) is 131 cm³/mol. The number of halogens is 3. The third-order valence-corrected chi connectivity index (χ3v) is 5.79. The van der Waals surface area contributed by atoms with Gasteiger partial charge < -0.3 is 30.7 Å². The summed E-state index contributed by atoms with van der Waals surface area (Å²) in [4.78, 5) is 55.4. The van der Waals surface area contributed by atoms with Crippen molar-refractivity contribution < 1.29 is 42.2 Å². The molecule has 1 aliphatic heterocycles. The number of hydrogen-bond acceptors (Lipinski definition) is 7. The summed E-state index contributed by atoms with van der Waals surface area (Å²) in [5.41, 5.74) is -0.480. The number of aryl methyl sites for hydroxylation is 1. The van der Waals surface area contributed by atoms with Crippen LogP contribution in [-0.4, -0.2) is 83.6 Å². The third-order valence-electron chi connectivity index (χ3n) is 5.79. The smallest absolute Gasteiger partial charge is 0.433 e. The minimum Gasteiger partial charge on any atom is -0.491 e. The van der Waals surface area contributed by atoms with Gasteiger partial charge in [0.25, 0.3) is 11.8 Å². The molecule has 0 saturated carbocycles. The lowest BCUT2D eigenvalue weighted by Crippen LogP contribution is -2.53. The van der Waals surface area contributed by atoms with E-state index in [0.717, 1.165) is 17.2 Å². The van der Waals surface area contributed by atoms with Crippen LogP contribution < -0.4 is 20.7 Å². The molecule has 1 aromatic carbocycles. The first-order valence-corrected chi connectivity index (χ1v) is 12.0. The van der Waals surface area contributed by atoms with Crippen LogP contribution in [0.25, 0.3) is 0 Å². The van der Waals surface area contributed by atoms with Crippen LogP contribution in [0.5, 0.6) is 5.75 Å². The molecule has 0 spiro atoms. The molecule has 0 unspecified atom stereocenters. The first-order chi connectivity index (χ1) is 18.4. The number of nitrogens with one attached hydrogen (secondary N) is 3. The summed E-state index contributed by atoms with van der Waals surface area (Å²) >= 11 is 0. The van der Waals surface area contributed by atoms with Gasteiger partial charge in [-0.1, -0.05) is 6.07 Å². The van der Waals surface area contributed by atoms with E-state index in [2.05, 4.69) is 20.9 Å². The fourth-order valence-electron chi connectivity index (χ4n) is 3.65. The molecule has 2 bridgehead atoms. The highest BCUT2D eigenvalue weighted by atomic mass is 19.4. The van der Waals surface area contributed by atoms with Crippen LogP contribution in [-0.2, 0) is 15.8 Å². The molecule has 210 valence electrons. The Morgan fingerprint density at radius 1 is 1.15 bits per heavy atom. The van der Waals surface area contributed by atoms with E-state index in [1.165, 1.54) is 19.1 Å². The van der Waals surface area contributed by atoms with E-state index in [1.807, 2.05) is 0 Å². The molecular formula is C25H28F3N5O6. The monoisotopic (exact) mass is 551 g/mol. The average Bonchev–Trinajstić information content (AvgIpc) is 2.88. The number of aliphatic hydroxyl groups excluding tert-OH is 1. The van der Waals surface area contributed by atoms with E-state index in [1.54, 1.807) is 13.0 Å². The second-order valence-electron chi connectivity index (χ2n) is 8.82. The minimum atomic E-state index is -4.69. The molecule has 0 radical (unpaired) electrons. The fraction of sp³-hybridized carbons (Fsp3) is 0.400. The molecule has 4 amide bonds. The van der Waals surface area contributed by atoms with Gasteiger partial charge in [0.1, 0.15) is 24.1 Å². The molecular weight excluding hydrogens is 523 g/mol. The van der Waals surface area contributed by atoms with Gasteiger partial charge in [-0.25, -0.2) is 0 Å². The highest BCUT2D eigenvalue weighted by Gasteiger charge is 2.33. The second-order valence-corrected chi connectivity index (χ2v) is 8.82. The van der Waals surface area contributed by atoms with Gasteiger partial charge in [-0.05, 0) is 43.7 Å². The topological polar surface area (TPSA) is 150 Å². The molecule has 2 atom stereocenters. The number of fused-ring (bicyclic) bond motifs is 2. The summed E-state index contributed by atoms with van der Waals surface area (Å²) in [6, 6.07) is 4.91. The van der Waals surface area contributed by atoms with E-state index in [0.29, 0.717) is 17.4 Å². The number of aromatic nitrogens is 1. The number of aliphatic hydroxyl groups is 1. The molecule has 4 N–H and O–H groups in total. The highest BCUT2D eigenvalue weighted by Crippen LogP contribution is 2.27. The van der Waals surface area contributed by atoms with Crippen LogP contribution in [0.2, 0.25) is 0 Å². The zero-order valence-electron chi connectivity index (χ0n) is 21.2. The Hall–Kier alpha value is -4.20. The number of hydrogen-bond donors (Lipinski definition) is 4. The van der Waals surface area contributed by atoms with E-state index >= 15 is 0 Å². The summed E-state index contributed by atoms with van der Waals surface area (Å²) in [5.74, 6) is -2.39. The summed E-state index contributed by atoms with van der Waals surface area (Å²) in [5, 5.41) is 17.7. The Kier molecular flexibility index (Phi) is 9.46. The maximum absolute atomic E-state index is 13.0. The average molecular weight is 552 g/mol. The Balaban J connectivity index is 1.83. The summed E-state index contributed by atoms with van der Waals surface area (Å²) in [7, 11) is 0. The van der Waals surface area contributed by atoms with Crippen molar-refractivity contribution in [2.24, 2.45) is 0 Å². The van der Waals surface area contributed by atoms with Crippen molar-refractivity contribution in [2.75, 3.05) is 32.8 Å². The lowest BCUT2D eigenvalue weighted by atomic mass is 10.1. The highest BCUT2D eigenvalue weighted by molar-refractivity contribution is 5.98. The first kappa shape index (κ1) is 29.4. The number of pyridine rings is 1. The van der Waals surface area contributed by atoms with Crippen molar-refractivity contribution in [3.8, 4) is 5.75 Å². The summed E-state index contributed by atoms with van der Waals surface area (Å²) in [6.07, 6.45) is -5.21. The summed E-state index contributed by atoms with van der Waals surface area (Å²) in [6.45, 7) is 2.28. The Morgan fingerprint density at radius 2 is 1.90 bits per heavy atom. The molecule has 2 aromatic rings. The van der Waals surface area contributed by atoms with Crippen molar-refractivity contribution in [3.05, 3.63) is 58.9 Å². The van der Waals surface area contributed by atoms with E-state index in [4.69, 9.17) is 4.74 Å². The van der Waals surface area contributed by atoms with Crippen LogP contribution in [0, 0.1) is 6.92 Å². The predicted octanol–water partition coefficient (Wildman–Crippen LogP) is 0.655. The quantitative estimate of drug-likeness (QED) is 0.428. The second kappa shape index (κ2) is 12.6. The first-order valence-electron chi connectivity index (χ1n) is 12.0. The Labute approximate surface area is 221 Å². The van der Waals surface area contributed by atoms with E-state index in [-0.39, 0.29) is 37.4 Å². The van der Waals surface area contributed by atoms with Crippen molar-refractivity contribution in [3.63, 3.8) is 0 Å². The Bertz CT molecular complexity index is 1220. The lowest BCUT2D eigenvalue weighted by molar-refractivity contribution is -0.141. The van der Waals surface area contributed by atoms with Gasteiger partial charge in [-0.2, -0.15) is 13.2 Å². The van der Waals surface area contributed by atoms with Crippen molar-refractivity contribution in [1.82, 2.24) is 25.8 Å². The van der Waals surface area contributed by atoms with Crippen LogP contribution in [0.15, 0.2) is 36.5 Å². The van der Waals surface area contributed by atoms with Gasteiger partial charge in [0.15, 0.2) is 0 Å². The lowest BCUT2D eigenvalue weighted by Gasteiger charge is -2.24. The van der Waals surface area contributed by atoms with Crippen LogP contribution in [0.3, 0.4) is 0 Å². The number of alkyl halides is 3. The van der Waals surface area contributed by atoms with E-state index in [9.17, 15) is 37.5 Å².